The normalized spacial score (nSPS) is 17.6. The first-order chi connectivity index (χ1) is 16.2. The number of aliphatic hydroxyl groups is 1. The first kappa shape index (κ1) is 26.8. The van der Waals surface area contributed by atoms with Gasteiger partial charge < -0.3 is 20.1 Å². The Morgan fingerprint density at radius 1 is 1.18 bits per heavy atom. The van der Waals surface area contributed by atoms with Crippen molar-refractivity contribution in [2.45, 2.75) is 44.8 Å². The first-order valence-corrected chi connectivity index (χ1v) is 13.6. The van der Waals surface area contributed by atoms with E-state index in [4.69, 9.17) is 4.74 Å². The minimum atomic E-state index is -3.63. The van der Waals surface area contributed by atoms with Crippen molar-refractivity contribution in [3.8, 4) is 0 Å². The molecule has 0 bridgehead atoms. The number of sulfonamides is 1. The van der Waals surface area contributed by atoms with Gasteiger partial charge in [-0.05, 0) is 70.8 Å². The number of nitrogens with zero attached hydrogens (tertiary/aromatic N) is 1. The number of benzene rings is 2. The predicted octanol–water partition coefficient (Wildman–Crippen LogP) is 3.05. The van der Waals surface area contributed by atoms with E-state index >= 15 is 0 Å². The molecule has 0 fully saturated rings. The van der Waals surface area contributed by atoms with Crippen molar-refractivity contribution < 1.29 is 27.0 Å². The Labute approximate surface area is 212 Å². The van der Waals surface area contributed by atoms with Crippen molar-refractivity contribution in [2.24, 2.45) is 0 Å². The van der Waals surface area contributed by atoms with Gasteiger partial charge in [0.05, 0.1) is 17.9 Å². The van der Waals surface area contributed by atoms with E-state index < -0.39 is 40.2 Å². The van der Waals surface area contributed by atoms with Crippen LogP contribution in [0.2, 0.25) is 0 Å². The van der Waals surface area contributed by atoms with Crippen LogP contribution < -0.4 is 10.0 Å². The summed E-state index contributed by atoms with van der Waals surface area (Å²) in [6.07, 6.45) is 1.23. The molecule has 1 unspecified atom stereocenters. The van der Waals surface area contributed by atoms with Gasteiger partial charge in [-0.15, -0.1) is 0 Å². The smallest absolute Gasteiger partial charge is 0.241 e. The number of halogens is 3. The molecular formula is C23H28F2IN3O4S. The van der Waals surface area contributed by atoms with Crippen molar-refractivity contribution in [1.82, 2.24) is 14.9 Å². The van der Waals surface area contributed by atoms with Crippen molar-refractivity contribution in [1.29, 1.82) is 0 Å². The number of rotatable bonds is 12. The highest BCUT2D eigenvalue weighted by molar-refractivity contribution is 14.1. The summed E-state index contributed by atoms with van der Waals surface area (Å²) < 4.78 is 61.2. The molecule has 2 aromatic rings. The van der Waals surface area contributed by atoms with Gasteiger partial charge in [-0.25, -0.2) is 17.2 Å². The third kappa shape index (κ3) is 7.87. The van der Waals surface area contributed by atoms with Crippen LogP contribution >= 0.6 is 22.6 Å². The van der Waals surface area contributed by atoms with Crippen molar-refractivity contribution in [3.05, 3.63) is 81.3 Å². The summed E-state index contributed by atoms with van der Waals surface area (Å²) in [6.45, 7) is 2.41. The lowest BCUT2D eigenvalue weighted by molar-refractivity contribution is -0.0190. The molecule has 3 N–H and O–H groups in total. The van der Waals surface area contributed by atoms with Crippen LogP contribution in [0.5, 0.6) is 0 Å². The van der Waals surface area contributed by atoms with E-state index in [-0.39, 0.29) is 18.7 Å². The second kappa shape index (κ2) is 12.2. The molecule has 34 heavy (non-hydrogen) atoms. The predicted molar refractivity (Wildman–Crippen MR) is 134 cm³/mol. The summed E-state index contributed by atoms with van der Waals surface area (Å²) in [7, 11) is -3.63. The van der Waals surface area contributed by atoms with Crippen LogP contribution in [0.3, 0.4) is 0 Å². The lowest BCUT2D eigenvalue weighted by Crippen LogP contribution is -2.54. The molecule has 1 heterocycles. The largest absolute Gasteiger partial charge is 0.462 e. The number of hydrogen-bond acceptors (Lipinski definition) is 6. The van der Waals surface area contributed by atoms with Crippen LogP contribution in [-0.2, 0) is 27.7 Å². The molecule has 0 aliphatic carbocycles. The molecule has 0 aromatic heterocycles. The van der Waals surface area contributed by atoms with E-state index in [0.717, 1.165) is 15.2 Å². The zero-order valence-corrected chi connectivity index (χ0v) is 21.6. The maximum atomic E-state index is 13.8. The van der Waals surface area contributed by atoms with Gasteiger partial charge in [0.1, 0.15) is 17.9 Å². The molecule has 1 aliphatic rings. The Balaban J connectivity index is 1.77. The Hall–Kier alpha value is -1.80. The van der Waals surface area contributed by atoms with Crippen molar-refractivity contribution in [2.75, 3.05) is 12.3 Å². The van der Waals surface area contributed by atoms with Crippen LogP contribution in [0.15, 0.2) is 54.9 Å². The van der Waals surface area contributed by atoms with Crippen LogP contribution in [0.25, 0.3) is 0 Å². The number of nitrogens with one attached hydrogen (secondary N) is 2. The third-order valence-electron chi connectivity index (χ3n) is 5.23. The monoisotopic (exact) mass is 607 g/mol. The van der Waals surface area contributed by atoms with Crippen LogP contribution in [0.4, 0.5) is 8.78 Å². The number of ether oxygens (including phenoxy) is 1. The molecule has 0 saturated carbocycles. The average Bonchev–Trinajstić information content (AvgIpc) is 3.18. The Bertz CT molecular complexity index is 1080. The maximum absolute atomic E-state index is 13.8. The topological polar surface area (TPSA) is 90.9 Å². The molecule has 3 rings (SSSR count). The van der Waals surface area contributed by atoms with Crippen LogP contribution in [0.1, 0.15) is 24.5 Å². The summed E-state index contributed by atoms with van der Waals surface area (Å²) >= 11 is 2.22. The third-order valence-corrected chi connectivity index (χ3v) is 7.41. The minimum absolute atomic E-state index is 0.0560. The van der Waals surface area contributed by atoms with Gasteiger partial charge in [-0.1, -0.05) is 19.1 Å². The summed E-state index contributed by atoms with van der Waals surface area (Å²) in [6, 6.07) is 10.3. The standard InChI is InChI=1S/C23H28F2IN3O4S/c1-2-8-34(31,32)28-23-29(6-7-33-23)21(12-17-9-18(24)13-19(25)10-17)22(30)15-27-14-16-4-3-5-20(26)11-16/h3-7,9-11,13,21-23,27-28,30H,2,8,12,14-15H2,1H3/t21-,22+,23?/m0/s1. The molecule has 0 radical (unpaired) electrons. The van der Waals surface area contributed by atoms with Gasteiger partial charge in [-0.3, -0.25) is 0 Å². The van der Waals surface area contributed by atoms with Gasteiger partial charge in [0.25, 0.3) is 0 Å². The van der Waals surface area contributed by atoms with E-state index in [1.165, 1.54) is 29.5 Å². The molecular weight excluding hydrogens is 579 g/mol. The molecule has 7 nitrogen and oxygen atoms in total. The van der Waals surface area contributed by atoms with E-state index in [1.54, 1.807) is 6.92 Å². The summed E-state index contributed by atoms with van der Waals surface area (Å²) in [5.41, 5.74) is 1.37. The molecule has 0 amide bonds. The number of aliphatic hydroxyl groups excluding tert-OH is 1. The van der Waals surface area contributed by atoms with Crippen molar-refractivity contribution >= 4 is 32.6 Å². The van der Waals surface area contributed by atoms with Gasteiger partial charge in [0.2, 0.25) is 16.4 Å². The highest BCUT2D eigenvalue weighted by Crippen LogP contribution is 2.22. The Morgan fingerprint density at radius 3 is 2.59 bits per heavy atom. The maximum Gasteiger partial charge on any atom is 0.241 e. The SMILES string of the molecule is CCCS(=O)(=O)NC1OC=CN1[C@@H](Cc1cc(F)cc(F)c1)[C@H](O)CNCc1cccc(I)c1. The van der Waals surface area contributed by atoms with Crippen LogP contribution in [-0.4, -0.2) is 49.2 Å². The van der Waals surface area contributed by atoms with Gasteiger partial charge in [0.15, 0.2) is 0 Å². The quantitative estimate of drug-likeness (QED) is 0.322. The highest BCUT2D eigenvalue weighted by Gasteiger charge is 2.35. The summed E-state index contributed by atoms with van der Waals surface area (Å²) in [5.74, 6) is -1.54. The van der Waals surface area contributed by atoms with Gasteiger partial charge >= 0.3 is 0 Å². The molecule has 3 atom stereocenters. The number of hydrogen-bond donors (Lipinski definition) is 3. The van der Waals surface area contributed by atoms with E-state index in [2.05, 4.69) is 32.6 Å². The molecule has 186 valence electrons. The lowest BCUT2D eigenvalue weighted by Gasteiger charge is -2.35. The fourth-order valence-corrected chi connectivity index (χ4v) is 5.49. The molecule has 11 heteroatoms. The summed E-state index contributed by atoms with van der Waals surface area (Å²) in [4.78, 5) is 1.52. The average molecular weight is 607 g/mol. The highest BCUT2D eigenvalue weighted by atomic mass is 127. The van der Waals surface area contributed by atoms with Gasteiger partial charge in [0, 0.05) is 28.9 Å². The zero-order chi connectivity index (χ0) is 24.7. The molecule has 0 spiro atoms. The molecule has 1 aliphatic heterocycles. The molecule has 0 saturated heterocycles. The first-order valence-electron chi connectivity index (χ1n) is 10.8. The van der Waals surface area contributed by atoms with Crippen molar-refractivity contribution in [3.63, 3.8) is 0 Å². The molecule has 2 aromatic carbocycles. The summed E-state index contributed by atoms with van der Waals surface area (Å²) in [5, 5.41) is 14.3. The fourth-order valence-electron chi connectivity index (χ4n) is 3.74. The van der Waals surface area contributed by atoms with E-state index in [1.807, 2.05) is 24.3 Å². The Morgan fingerprint density at radius 2 is 1.91 bits per heavy atom. The second-order valence-electron chi connectivity index (χ2n) is 8.03. The second-order valence-corrected chi connectivity index (χ2v) is 11.2. The van der Waals surface area contributed by atoms with E-state index in [0.29, 0.717) is 18.5 Å². The Kier molecular flexibility index (Phi) is 9.65. The van der Waals surface area contributed by atoms with Gasteiger partial charge in [-0.2, -0.15) is 4.72 Å². The van der Waals surface area contributed by atoms with E-state index in [9.17, 15) is 22.3 Å². The lowest BCUT2D eigenvalue weighted by atomic mass is 9.99. The fraction of sp³-hybridized carbons (Fsp3) is 0.391. The van der Waals surface area contributed by atoms with Crippen LogP contribution in [0, 0.1) is 15.2 Å². The zero-order valence-electron chi connectivity index (χ0n) is 18.6. The minimum Gasteiger partial charge on any atom is -0.462 e.